The number of carboxylic acids is 1. The number of carbonyl (C=O) groups is 2. The average molecular weight is 403 g/mol. The molecule has 0 unspecified atom stereocenters. The number of hydrogen-bond acceptors (Lipinski definition) is 6. The number of nitrogens with zero attached hydrogens (tertiary/aromatic N) is 2. The van der Waals surface area contributed by atoms with Crippen molar-refractivity contribution in [3.63, 3.8) is 0 Å². The molecule has 1 atom stereocenters. The molecule has 0 saturated carbocycles. The van der Waals surface area contributed by atoms with Crippen LogP contribution in [0.15, 0.2) is 30.5 Å². The Bertz CT molecular complexity index is 849. The minimum Gasteiger partial charge on any atom is -0.489 e. The van der Waals surface area contributed by atoms with Gasteiger partial charge in [0.1, 0.15) is 18.5 Å². The lowest BCUT2D eigenvalue weighted by Crippen LogP contribution is -2.55. The summed E-state index contributed by atoms with van der Waals surface area (Å²) in [6.45, 7) is 10.6. The lowest BCUT2D eigenvalue weighted by atomic mass is 10.0. The first-order valence-corrected chi connectivity index (χ1v) is 9.84. The Morgan fingerprint density at radius 3 is 2.55 bits per heavy atom. The summed E-state index contributed by atoms with van der Waals surface area (Å²) in [5.74, 6) is -2.19. The number of benzene rings is 1. The fraction of sp³-hybridized carbons (Fsp3) is 0.524. The predicted octanol–water partition coefficient (Wildman–Crippen LogP) is 1.96. The number of piperazine rings is 1. The van der Waals surface area contributed by atoms with Crippen molar-refractivity contribution in [2.75, 3.05) is 39.3 Å². The second kappa shape index (κ2) is 8.84. The van der Waals surface area contributed by atoms with E-state index in [0.29, 0.717) is 12.3 Å². The largest absolute Gasteiger partial charge is 0.489 e. The molecule has 1 aliphatic heterocycles. The van der Waals surface area contributed by atoms with Gasteiger partial charge in [0.15, 0.2) is 0 Å². The molecular formula is C21H29N3O5. The minimum absolute atomic E-state index is 0.0861. The molecule has 0 bridgehead atoms. The van der Waals surface area contributed by atoms with Crippen LogP contribution >= 0.6 is 0 Å². The third-order valence-corrected chi connectivity index (χ3v) is 5.21. The molecule has 0 spiro atoms. The van der Waals surface area contributed by atoms with Crippen molar-refractivity contribution in [2.45, 2.75) is 32.4 Å². The number of ether oxygens (including phenoxy) is 2. The summed E-state index contributed by atoms with van der Waals surface area (Å²) in [5, 5.41) is 9.85. The number of carboxylic acid groups (broad SMARTS) is 1. The van der Waals surface area contributed by atoms with E-state index in [0.717, 1.165) is 37.1 Å². The molecule has 29 heavy (non-hydrogen) atoms. The van der Waals surface area contributed by atoms with E-state index in [2.05, 4.69) is 35.6 Å². The number of carbonyl (C=O) groups excluding carboxylic acids is 1. The van der Waals surface area contributed by atoms with Gasteiger partial charge in [0.25, 0.3) is 0 Å². The molecule has 2 N–H and O–H groups in total. The summed E-state index contributed by atoms with van der Waals surface area (Å²) in [4.78, 5) is 30.3. The molecule has 0 aliphatic carbocycles. The molecular weight excluding hydrogens is 374 g/mol. The minimum atomic E-state index is -1.60. The number of rotatable bonds is 6. The van der Waals surface area contributed by atoms with Gasteiger partial charge < -0.3 is 19.6 Å². The summed E-state index contributed by atoms with van der Waals surface area (Å²) < 4.78 is 11.1. The van der Waals surface area contributed by atoms with Crippen molar-refractivity contribution in [1.29, 1.82) is 0 Å². The zero-order valence-corrected chi connectivity index (χ0v) is 17.2. The fourth-order valence-electron chi connectivity index (χ4n) is 3.58. The molecule has 1 saturated heterocycles. The van der Waals surface area contributed by atoms with Gasteiger partial charge in [-0.2, -0.15) is 0 Å². The first-order valence-electron chi connectivity index (χ1n) is 9.84. The second-order valence-electron chi connectivity index (χ2n) is 8.30. The lowest BCUT2D eigenvalue weighted by Gasteiger charge is -2.42. The maximum absolute atomic E-state index is 11.7. The van der Waals surface area contributed by atoms with Crippen LogP contribution in [0.1, 0.15) is 20.8 Å². The van der Waals surface area contributed by atoms with Crippen molar-refractivity contribution in [3.8, 4) is 5.75 Å². The van der Waals surface area contributed by atoms with Crippen LogP contribution in [0.25, 0.3) is 10.9 Å². The van der Waals surface area contributed by atoms with E-state index >= 15 is 0 Å². The van der Waals surface area contributed by atoms with Gasteiger partial charge in [0.2, 0.25) is 0 Å². The third kappa shape index (κ3) is 5.48. The van der Waals surface area contributed by atoms with Crippen LogP contribution < -0.4 is 4.74 Å². The Labute approximate surface area is 170 Å². The van der Waals surface area contributed by atoms with Gasteiger partial charge >= 0.3 is 11.9 Å². The van der Waals surface area contributed by atoms with E-state index in [1.165, 1.54) is 0 Å². The van der Waals surface area contributed by atoms with Gasteiger partial charge in [-0.25, -0.2) is 9.59 Å². The highest BCUT2D eigenvalue weighted by molar-refractivity contribution is 6.28. The van der Waals surface area contributed by atoms with Gasteiger partial charge in [-0.3, -0.25) is 9.80 Å². The van der Waals surface area contributed by atoms with Crippen molar-refractivity contribution < 1.29 is 24.2 Å². The highest BCUT2D eigenvalue weighted by Crippen LogP contribution is 2.25. The van der Waals surface area contributed by atoms with Crippen LogP contribution in [0, 0.1) is 0 Å². The Morgan fingerprint density at radius 2 is 1.90 bits per heavy atom. The number of fused-ring (bicyclic) bond motifs is 1. The molecule has 2 aromatic rings. The Balaban J connectivity index is 1.63. The number of esters is 1. The van der Waals surface area contributed by atoms with Gasteiger partial charge in [-0.05, 0) is 39.0 Å². The Kier molecular flexibility index (Phi) is 6.44. The summed E-state index contributed by atoms with van der Waals surface area (Å²) in [7, 11) is 0. The summed E-state index contributed by atoms with van der Waals surface area (Å²) in [6, 6.07) is 7.57. The monoisotopic (exact) mass is 403 g/mol. The van der Waals surface area contributed by atoms with E-state index in [-0.39, 0.29) is 12.1 Å². The molecule has 1 aromatic heterocycles. The van der Waals surface area contributed by atoms with E-state index < -0.39 is 18.0 Å². The van der Waals surface area contributed by atoms with Crippen LogP contribution in [0.3, 0.4) is 0 Å². The number of aromatic amines is 1. The van der Waals surface area contributed by atoms with E-state index in [9.17, 15) is 9.59 Å². The molecule has 158 valence electrons. The number of H-pyrrole nitrogens is 1. The Morgan fingerprint density at radius 1 is 1.17 bits per heavy atom. The molecule has 2 heterocycles. The summed E-state index contributed by atoms with van der Waals surface area (Å²) >= 11 is 0. The van der Waals surface area contributed by atoms with Crippen LogP contribution in [-0.4, -0.2) is 82.8 Å². The quantitative estimate of drug-likeness (QED) is 0.562. The molecule has 8 heteroatoms. The number of nitrogens with one attached hydrogen (secondary N) is 1. The second-order valence-corrected chi connectivity index (χ2v) is 8.30. The van der Waals surface area contributed by atoms with Gasteiger partial charge in [-0.15, -0.1) is 0 Å². The van der Waals surface area contributed by atoms with E-state index in [1.807, 2.05) is 30.5 Å². The highest BCUT2D eigenvalue weighted by Gasteiger charge is 2.29. The van der Waals surface area contributed by atoms with Gasteiger partial charge in [0.05, 0.1) is 0 Å². The molecule has 1 fully saturated rings. The summed E-state index contributed by atoms with van der Waals surface area (Å²) in [5.41, 5.74) is 1.06. The van der Waals surface area contributed by atoms with E-state index in [1.54, 1.807) is 0 Å². The molecule has 1 aromatic carbocycles. The number of hydrogen-bond donors (Lipinski definition) is 2. The van der Waals surface area contributed by atoms with Crippen LogP contribution in [-0.2, 0) is 14.3 Å². The third-order valence-electron chi connectivity index (χ3n) is 5.21. The number of aromatic nitrogens is 1. The zero-order valence-electron chi connectivity index (χ0n) is 17.2. The van der Waals surface area contributed by atoms with Crippen molar-refractivity contribution in [2.24, 2.45) is 0 Å². The maximum Gasteiger partial charge on any atom is 0.417 e. The van der Waals surface area contributed by atoms with E-state index in [4.69, 9.17) is 14.6 Å². The lowest BCUT2D eigenvalue weighted by molar-refractivity contribution is -0.169. The molecule has 0 amide bonds. The topological polar surface area (TPSA) is 95.1 Å². The van der Waals surface area contributed by atoms with Crippen LogP contribution in [0.2, 0.25) is 0 Å². The normalized spacial score (nSPS) is 17.2. The first kappa shape index (κ1) is 21.1. The van der Waals surface area contributed by atoms with Crippen LogP contribution in [0.5, 0.6) is 5.75 Å². The summed E-state index contributed by atoms with van der Waals surface area (Å²) in [6.07, 6.45) is 1.16. The average Bonchev–Trinajstić information content (AvgIpc) is 3.15. The van der Waals surface area contributed by atoms with Crippen molar-refractivity contribution >= 4 is 22.8 Å². The van der Waals surface area contributed by atoms with Gasteiger partial charge in [0, 0.05) is 55.4 Å². The molecule has 0 radical (unpaired) electrons. The highest BCUT2D eigenvalue weighted by atomic mass is 16.6. The standard InChI is InChI=1S/C21H29N3O5/c1-21(2,3)24-11-9-23(10-12-24)13-15(29-20(27)19(25)26)14-28-18-6-4-5-17-16(18)7-8-22-17/h4-8,15,22H,9-14H2,1-3H3,(H,25,26)/t15-/m0/s1. The van der Waals surface area contributed by atoms with Crippen molar-refractivity contribution in [1.82, 2.24) is 14.8 Å². The smallest absolute Gasteiger partial charge is 0.417 e. The van der Waals surface area contributed by atoms with Gasteiger partial charge in [-0.1, -0.05) is 6.07 Å². The number of aliphatic carboxylic acids is 1. The fourth-order valence-corrected chi connectivity index (χ4v) is 3.58. The zero-order chi connectivity index (χ0) is 21.0. The van der Waals surface area contributed by atoms with Crippen molar-refractivity contribution in [3.05, 3.63) is 30.5 Å². The van der Waals surface area contributed by atoms with Crippen LogP contribution in [0.4, 0.5) is 0 Å². The molecule has 1 aliphatic rings. The first-order chi connectivity index (χ1) is 13.7. The molecule has 3 rings (SSSR count). The SMILES string of the molecule is CC(C)(C)N1CCN(C[C@@H](COc2cccc3[nH]ccc23)OC(=O)C(=O)O)CC1. The molecule has 8 nitrogen and oxygen atoms in total. The maximum atomic E-state index is 11.7. The Hall–Kier alpha value is -2.58. The predicted molar refractivity (Wildman–Crippen MR) is 109 cm³/mol.